The van der Waals surface area contributed by atoms with Gasteiger partial charge in [0.25, 0.3) is 5.56 Å². The molecule has 1 atom stereocenters. The van der Waals surface area contributed by atoms with Crippen LogP contribution in [-0.4, -0.2) is 111 Å². The third kappa shape index (κ3) is 9.34. The average molecular weight is 824 g/mol. The van der Waals surface area contributed by atoms with Gasteiger partial charge in [-0.15, -0.1) is 0 Å². The number of amides is 3. The smallest absolute Gasteiger partial charge is 0.255 e. The topological polar surface area (TPSA) is 165 Å². The van der Waals surface area contributed by atoms with Gasteiger partial charge < -0.3 is 25.5 Å². The number of carbonyl (C=O) groups is 3. The van der Waals surface area contributed by atoms with E-state index in [0.717, 1.165) is 24.6 Å². The van der Waals surface area contributed by atoms with Crippen molar-refractivity contribution in [1.82, 2.24) is 29.7 Å². The minimum atomic E-state index is -0.914. The maximum absolute atomic E-state index is 15.2. The number of aliphatic hydroxyl groups is 1. The van der Waals surface area contributed by atoms with Crippen LogP contribution in [0.3, 0.4) is 0 Å². The number of pyridine rings is 1. The van der Waals surface area contributed by atoms with Crippen LogP contribution in [-0.2, 0) is 14.4 Å². The number of imide groups is 1. The summed E-state index contributed by atoms with van der Waals surface area (Å²) in [6.07, 6.45) is 7.27. The Morgan fingerprint density at radius 1 is 0.900 bits per heavy atom. The van der Waals surface area contributed by atoms with Gasteiger partial charge in [0.15, 0.2) is 5.82 Å². The van der Waals surface area contributed by atoms with Crippen LogP contribution in [0.2, 0.25) is 0 Å². The first-order chi connectivity index (χ1) is 28.9. The van der Waals surface area contributed by atoms with Crippen molar-refractivity contribution in [3.05, 3.63) is 94.5 Å². The van der Waals surface area contributed by atoms with E-state index in [0.29, 0.717) is 106 Å². The summed E-state index contributed by atoms with van der Waals surface area (Å²) < 4.78 is 31.8. The zero-order valence-corrected chi connectivity index (χ0v) is 33.7. The zero-order chi connectivity index (χ0) is 42.0. The molecule has 2 aromatic heterocycles. The Bertz CT molecular complexity index is 2300. The van der Waals surface area contributed by atoms with Gasteiger partial charge >= 0.3 is 0 Å². The van der Waals surface area contributed by atoms with Crippen molar-refractivity contribution >= 4 is 35.0 Å². The fraction of sp³-hybridized carbons (Fsp3) is 0.455. The van der Waals surface area contributed by atoms with Gasteiger partial charge in [-0.25, -0.2) is 18.7 Å². The average Bonchev–Trinajstić information content (AvgIpc) is 3.23. The van der Waals surface area contributed by atoms with Crippen LogP contribution < -0.4 is 26.4 Å². The van der Waals surface area contributed by atoms with E-state index >= 15 is 8.78 Å². The van der Waals surface area contributed by atoms with Crippen LogP contribution in [0.15, 0.2) is 71.8 Å². The highest BCUT2D eigenvalue weighted by Crippen LogP contribution is 2.32. The number of likely N-dealkylation sites (tertiary alicyclic amines) is 1. The number of halogens is 2. The largest absolute Gasteiger partial charge is 0.388 e. The Labute approximate surface area is 347 Å². The number of nitrogens with zero attached hydrogens (tertiary/aromatic N) is 6. The number of anilines is 3. The molecule has 0 radical (unpaired) electrons. The number of β-amino-alcohol motifs (C(OH)–C–C–N with tert-alkyl or cyclic N) is 1. The number of rotatable bonds is 10. The van der Waals surface area contributed by atoms with E-state index in [-0.39, 0.29) is 41.4 Å². The first-order valence-corrected chi connectivity index (χ1v) is 20.9. The Balaban J connectivity index is 0.777. The molecule has 8 rings (SSSR count). The molecule has 316 valence electrons. The molecule has 14 nitrogen and oxygen atoms in total. The van der Waals surface area contributed by atoms with Gasteiger partial charge in [-0.05, 0) is 93.8 Å². The fourth-order valence-corrected chi connectivity index (χ4v) is 8.91. The zero-order valence-electron chi connectivity index (χ0n) is 33.7. The van der Waals surface area contributed by atoms with E-state index in [9.17, 15) is 24.3 Å². The molecule has 2 aromatic carbocycles. The van der Waals surface area contributed by atoms with E-state index in [2.05, 4.69) is 30.8 Å². The lowest BCUT2D eigenvalue weighted by Crippen LogP contribution is -2.56. The standard InChI is InChI=1S/C44H51F2N9O5/c1-28-13-16-55(39(57)23-28)33-4-2-3-30(24-33)40-35(46)26-47-43(51-40)49-31-7-5-29(6-8-31)42(59)54-17-14-44(60,15-18-54)27-52-19-21-53(22-20-52)37-11-9-32(25-34(37)45)48-36-10-12-38(56)50-41(36)58/h2-4,9,11,13,16,23-26,29,31,36,48,60H,5-8,10,12,14-15,17-22,27H2,1H3,(H,47,49,51)(H,50,56,58). The number of piperidine rings is 2. The van der Waals surface area contributed by atoms with Crippen molar-refractivity contribution in [2.45, 2.75) is 76.0 Å². The quantitative estimate of drug-likeness (QED) is 0.169. The number of piperazine rings is 1. The minimum absolute atomic E-state index is 0.0228. The maximum atomic E-state index is 15.2. The minimum Gasteiger partial charge on any atom is -0.388 e. The number of carbonyl (C=O) groups excluding carboxylic acids is 3. The number of nitrogens with one attached hydrogen (secondary N) is 3. The summed E-state index contributed by atoms with van der Waals surface area (Å²) in [5.41, 5.74) is 1.97. The van der Waals surface area contributed by atoms with Crippen LogP contribution in [0.25, 0.3) is 16.9 Å². The van der Waals surface area contributed by atoms with Crippen molar-refractivity contribution in [1.29, 1.82) is 0 Å². The molecule has 0 spiro atoms. The third-order valence-corrected chi connectivity index (χ3v) is 12.4. The molecule has 0 bridgehead atoms. The summed E-state index contributed by atoms with van der Waals surface area (Å²) in [6.45, 7) is 5.82. The van der Waals surface area contributed by atoms with Gasteiger partial charge in [-0.2, -0.15) is 0 Å². The summed E-state index contributed by atoms with van der Waals surface area (Å²) in [6, 6.07) is 14.7. The Morgan fingerprint density at radius 2 is 1.67 bits per heavy atom. The van der Waals surface area contributed by atoms with E-state index < -0.39 is 29.2 Å². The molecule has 1 unspecified atom stereocenters. The first-order valence-electron chi connectivity index (χ1n) is 20.9. The van der Waals surface area contributed by atoms with E-state index in [1.165, 1.54) is 10.6 Å². The van der Waals surface area contributed by atoms with Crippen molar-refractivity contribution in [3.63, 3.8) is 0 Å². The fourth-order valence-electron chi connectivity index (χ4n) is 8.91. The lowest BCUT2D eigenvalue weighted by atomic mass is 9.84. The van der Waals surface area contributed by atoms with Crippen molar-refractivity contribution in [2.75, 3.05) is 61.3 Å². The number of benzene rings is 2. The molecule has 4 fully saturated rings. The highest BCUT2D eigenvalue weighted by atomic mass is 19.1. The predicted octanol–water partition coefficient (Wildman–Crippen LogP) is 4.24. The molecule has 3 amide bonds. The van der Waals surface area contributed by atoms with Gasteiger partial charge in [0.05, 0.1) is 17.5 Å². The number of hydrogen-bond acceptors (Lipinski definition) is 11. The third-order valence-electron chi connectivity index (χ3n) is 12.4. The maximum Gasteiger partial charge on any atom is 0.255 e. The second-order valence-corrected chi connectivity index (χ2v) is 16.7. The molecule has 3 saturated heterocycles. The predicted molar refractivity (Wildman–Crippen MR) is 223 cm³/mol. The number of hydrogen-bond donors (Lipinski definition) is 4. The summed E-state index contributed by atoms with van der Waals surface area (Å²) in [5, 5.41) is 20.2. The monoisotopic (exact) mass is 823 g/mol. The molecular weight excluding hydrogens is 773 g/mol. The Kier molecular flexibility index (Phi) is 11.9. The first kappa shape index (κ1) is 41.0. The van der Waals surface area contributed by atoms with E-state index in [1.807, 2.05) is 22.8 Å². The second kappa shape index (κ2) is 17.5. The van der Waals surface area contributed by atoms with Crippen molar-refractivity contribution < 1.29 is 28.3 Å². The van der Waals surface area contributed by atoms with Crippen LogP contribution in [0.4, 0.5) is 26.1 Å². The number of aryl methyl sites for hydroxylation is 1. The summed E-state index contributed by atoms with van der Waals surface area (Å²) >= 11 is 0. The SMILES string of the molecule is Cc1ccn(-c2cccc(-c3nc(NC4CCC(C(=O)N5CCC(O)(CN6CCN(c7ccc(NC8CCC(=O)NC8=O)cc7F)CC6)CC5)CC4)ncc3F)c2)c(=O)c1. The van der Waals surface area contributed by atoms with Gasteiger partial charge in [-0.3, -0.25) is 34.0 Å². The normalized spacial score (nSPS) is 22.3. The summed E-state index contributed by atoms with van der Waals surface area (Å²) in [5.74, 6) is -1.36. The lowest BCUT2D eigenvalue weighted by Gasteiger charge is -2.44. The second-order valence-electron chi connectivity index (χ2n) is 16.7. The highest BCUT2D eigenvalue weighted by Gasteiger charge is 2.38. The Morgan fingerprint density at radius 3 is 2.38 bits per heavy atom. The molecular formula is C44H51F2N9O5. The molecule has 4 N–H and O–H groups in total. The van der Waals surface area contributed by atoms with Crippen LogP contribution in [0, 0.1) is 24.5 Å². The van der Waals surface area contributed by atoms with E-state index in [4.69, 9.17) is 0 Å². The molecule has 4 aliphatic rings. The van der Waals surface area contributed by atoms with E-state index in [1.54, 1.807) is 48.7 Å². The Hall–Kier alpha value is -5.74. The highest BCUT2D eigenvalue weighted by molar-refractivity contribution is 6.01. The molecule has 3 aliphatic heterocycles. The van der Waals surface area contributed by atoms with Crippen molar-refractivity contribution in [2.24, 2.45) is 5.92 Å². The summed E-state index contributed by atoms with van der Waals surface area (Å²) in [4.78, 5) is 64.5. The van der Waals surface area contributed by atoms with Crippen LogP contribution in [0.1, 0.15) is 56.9 Å². The van der Waals surface area contributed by atoms with Gasteiger partial charge in [0.1, 0.15) is 17.6 Å². The molecule has 1 aliphatic carbocycles. The lowest BCUT2D eigenvalue weighted by molar-refractivity contribution is -0.141. The van der Waals surface area contributed by atoms with Crippen LogP contribution in [0.5, 0.6) is 0 Å². The molecule has 5 heterocycles. The van der Waals surface area contributed by atoms with Crippen LogP contribution >= 0.6 is 0 Å². The summed E-state index contributed by atoms with van der Waals surface area (Å²) in [7, 11) is 0. The molecule has 16 heteroatoms. The molecule has 1 saturated carbocycles. The van der Waals surface area contributed by atoms with Gasteiger partial charge in [0, 0.05) is 93.4 Å². The molecule has 4 aromatic rings. The number of aromatic nitrogens is 3. The van der Waals surface area contributed by atoms with Gasteiger partial charge in [0.2, 0.25) is 23.7 Å². The van der Waals surface area contributed by atoms with Gasteiger partial charge in [-0.1, -0.05) is 12.1 Å². The van der Waals surface area contributed by atoms with Crippen molar-refractivity contribution in [3.8, 4) is 16.9 Å². The molecule has 60 heavy (non-hydrogen) atoms.